The average molecular weight is 357 g/mol. The van der Waals surface area contributed by atoms with Crippen LogP contribution < -0.4 is 10.1 Å². The summed E-state index contributed by atoms with van der Waals surface area (Å²) in [5.74, 6) is 0.716. The Kier molecular flexibility index (Phi) is 4.66. The van der Waals surface area contributed by atoms with Gasteiger partial charge < -0.3 is 10.1 Å². The van der Waals surface area contributed by atoms with Gasteiger partial charge in [-0.05, 0) is 54.4 Å². The molecule has 0 radical (unpaired) electrons. The van der Waals surface area contributed by atoms with Gasteiger partial charge in [0.25, 0.3) is 5.91 Å². The summed E-state index contributed by atoms with van der Waals surface area (Å²) in [7, 11) is 1.64. The fraction of sp³-hybridized carbons (Fsp3) is 0.136. The maximum atomic E-state index is 12.5. The summed E-state index contributed by atoms with van der Waals surface area (Å²) in [6.45, 7) is 0.562. The number of nitrogens with one attached hydrogen (secondary N) is 1. The summed E-state index contributed by atoms with van der Waals surface area (Å²) in [6, 6.07) is 21.0. The molecule has 0 bridgehead atoms. The van der Waals surface area contributed by atoms with E-state index in [9.17, 15) is 4.79 Å². The molecule has 1 N–H and O–H groups in total. The first-order valence-corrected chi connectivity index (χ1v) is 8.80. The van der Waals surface area contributed by atoms with Gasteiger partial charge in [0.05, 0.1) is 29.2 Å². The third-order valence-electron chi connectivity index (χ3n) is 4.46. The molecule has 1 amide bonds. The molecule has 134 valence electrons. The molecular formula is C22H19N3O2. The molecule has 0 fully saturated rings. The number of para-hydroxylation sites is 2. The summed E-state index contributed by atoms with van der Waals surface area (Å²) in [5, 5.41) is 2.96. The van der Waals surface area contributed by atoms with E-state index in [2.05, 4.69) is 15.3 Å². The molecule has 3 aromatic carbocycles. The van der Waals surface area contributed by atoms with Gasteiger partial charge in [-0.15, -0.1) is 0 Å². The fourth-order valence-electron chi connectivity index (χ4n) is 2.98. The molecule has 27 heavy (non-hydrogen) atoms. The number of rotatable bonds is 5. The van der Waals surface area contributed by atoms with Gasteiger partial charge in [0.15, 0.2) is 0 Å². The predicted molar refractivity (Wildman–Crippen MR) is 106 cm³/mol. The molecular weight excluding hydrogens is 338 g/mol. The lowest BCUT2D eigenvalue weighted by Gasteiger charge is -2.07. The molecule has 4 rings (SSSR count). The second-order valence-electron chi connectivity index (χ2n) is 6.27. The Hall–Kier alpha value is -3.47. The van der Waals surface area contributed by atoms with Crippen molar-refractivity contribution in [3.63, 3.8) is 0 Å². The zero-order chi connectivity index (χ0) is 18.6. The van der Waals surface area contributed by atoms with Crippen molar-refractivity contribution >= 4 is 28.0 Å². The van der Waals surface area contributed by atoms with Crippen molar-refractivity contribution < 1.29 is 9.53 Å². The minimum atomic E-state index is -0.111. The lowest BCUT2D eigenvalue weighted by molar-refractivity contribution is 0.0954. The zero-order valence-corrected chi connectivity index (χ0v) is 15.0. The highest BCUT2D eigenvalue weighted by atomic mass is 16.5. The lowest BCUT2D eigenvalue weighted by atomic mass is 10.1. The van der Waals surface area contributed by atoms with Gasteiger partial charge in [0.1, 0.15) is 5.75 Å². The molecule has 0 saturated carbocycles. The molecule has 1 heterocycles. The van der Waals surface area contributed by atoms with E-state index in [1.165, 1.54) is 0 Å². The quantitative estimate of drug-likeness (QED) is 0.552. The predicted octanol–water partition coefficient (Wildman–Crippen LogP) is 3.76. The minimum absolute atomic E-state index is 0.111. The summed E-state index contributed by atoms with van der Waals surface area (Å²) < 4.78 is 5.15. The van der Waals surface area contributed by atoms with E-state index >= 15 is 0 Å². The number of amides is 1. The Balaban J connectivity index is 1.46. The number of nitrogens with zero attached hydrogens (tertiary/aromatic N) is 2. The van der Waals surface area contributed by atoms with E-state index in [-0.39, 0.29) is 5.91 Å². The van der Waals surface area contributed by atoms with Crippen molar-refractivity contribution in [1.29, 1.82) is 0 Å². The average Bonchev–Trinajstić information content (AvgIpc) is 2.72. The maximum absolute atomic E-state index is 12.5. The third-order valence-corrected chi connectivity index (χ3v) is 4.46. The molecule has 0 unspecified atom stereocenters. The van der Waals surface area contributed by atoms with Crippen LogP contribution in [0.4, 0.5) is 0 Å². The number of carbonyl (C=O) groups is 1. The van der Waals surface area contributed by atoms with Gasteiger partial charge in [-0.3, -0.25) is 4.79 Å². The minimum Gasteiger partial charge on any atom is -0.497 e. The molecule has 0 aliphatic rings. The number of hydrogen-bond donors (Lipinski definition) is 1. The van der Waals surface area contributed by atoms with E-state index in [1.54, 1.807) is 19.2 Å². The Morgan fingerprint density at radius 1 is 0.889 bits per heavy atom. The number of fused-ring (bicyclic) bond motifs is 2. The van der Waals surface area contributed by atoms with Crippen molar-refractivity contribution in [3.05, 3.63) is 77.9 Å². The molecule has 5 heteroatoms. The van der Waals surface area contributed by atoms with Crippen LogP contribution in [-0.2, 0) is 6.42 Å². The normalized spacial score (nSPS) is 10.9. The summed E-state index contributed by atoms with van der Waals surface area (Å²) in [5.41, 5.74) is 4.90. The van der Waals surface area contributed by atoms with Crippen molar-refractivity contribution in [2.24, 2.45) is 0 Å². The van der Waals surface area contributed by atoms with Crippen molar-refractivity contribution in [1.82, 2.24) is 15.3 Å². The third kappa shape index (κ3) is 3.72. The molecule has 0 atom stereocenters. The van der Waals surface area contributed by atoms with Gasteiger partial charge in [-0.1, -0.05) is 24.3 Å². The first-order chi connectivity index (χ1) is 13.2. The summed E-state index contributed by atoms with van der Waals surface area (Å²) in [4.78, 5) is 21.7. The Morgan fingerprint density at radius 3 is 2.26 bits per heavy atom. The van der Waals surface area contributed by atoms with Crippen LogP contribution in [0.3, 0.4) is 0 Å². The van der Waals surface area contributed by atoms with Crippen LogP contribution in [0, 0.1) is 0 Å². The molecule has 0 spiro atoms. The van der Waals surface area contributed by atoms with E-state index < -0.39 is 0 Å². The largest absolute Gasteiger partial charge is 0.497 e. The van der Waals surface area contributed by atoms with E-state index in [1.807, 2.05) is 54.6 Å². The van der Waals surface area contributed by atoms with Gasteiger partial charge in [-0.25, -0.2) is 9.97 Å². The van der Waals surface area contributed by atoms with E-state index in [0.717, 1.165) is 39.8 Å². The number of ether oxygens (including phenoxy) is 1. The SMILES string of the molecule is COc1ccc(CCNC(=O)c2ccc3nc4ccccc4nc3c2)cc1. The molecule has 0 aliphatic heterocycles. The number of benzene rings is 3. The van der Waals surface area contributed by atoms with Crippen molar-refractivity contribution in [3.8, 4) is 5.75 Å². The lowest BCUT2D eigenvalue weighted by Crippen LogP contribution is -2.25. The standard InChI is InChI=1S/C22H19N3O2/c1-27-17-9-6-15(7-10-17)12-13-23-22(26)16-8-11-20-21(14-16)25-19-5-3-2-4-18(19)24-20/h2-11,14H,12-13H2,1H3,(H,23,26). The van der Waals surface area contributed by atoms with Crippen LogP contribution in [0.5, 0.6) is 5.75 Å². The Morgan fingerprint density at radius 2 is 1.56 bits per heavy atom. The highest BCUT2D eigenvalue weighted by Crippen LogP contribution is 2.17. The van der Waals surface area contributed by atoms with Crippen molar-refractivity contribution in [2.75, 3.05) is 13.7 Å². The number of hydrogen-bond acceptors (Lipinski definition) is 4. The first kappa shape index (κ1) is 17.0. The van der Waals surface area contributed by atoms with Crippen LogP contribution in [-0.4, -0.2) is 29.5 Å². The van der Waals surface area contributed by atoms with Crippen molar-refractivity contribution in [2.45, 2.75) is 6.42 Å². The topological polar surface area (TPSA) is 64.1 Å². The molecule has 4 aromatic rings. The second kappa shape index (κ2) is 7.41. The zero-order valence-electron chi connectivity index (χ0n) is 15.0. The van der Waals surface area contributed by atoms with Gasteiger partial charge in [0, 0.05) is 12.1 Å². The van der Waals surface area contributed by atoms with Gasteiger partial charge in [0.2, 0.25) is 0 Å². The maximum Gasteiger partial charge on any atom is 0.251 e. The van der Waals surface area contributed by atoms with Crippen LogP contribution in [0.15, 0.2) is 66.7 Å². The van der Waals surface area contributed by atoms with Gasteiger partial charge in [-0.2, -0.15) is 0 Å². The highest BCUT2D eigenvalue weighted by molar-refractivity contribution is 5.98. The van der Waals surface area contributed by atoms with Crippen LogP contribution in [0.25, 0.3) is 22.1 Å². The number of aromatic nitrogens is 2. The van der Waals surface area contributed by atoms with Crippen LogP contribution >= 0.6 is 0 Å². The Labute approximate surface area is 157 Å². The first-order valence-electron chi connectivity index (χ1n) is 8.80. The Bertz CT molecular complexity index is 1110. The number of carbonyl (C=O) groups excluding carboxylic acids is 1. The van der Waals surface area contributed by atoms with Gasteiger partial charge >= 0.3 is 0 Å². The van der Waals surface area contributed by atoms with E-state index in [4.69, 9.17) is 4.74 Å². The highest BCUT2D eigenvalue weighted by Gasteiger charge is 2.08. The molecule has 0 saturated heterocycles. The van der Waals surface area contributed by atoms with Crippen LogP contribution in [0.1, 0.15) is 15.9 Å². The smallest absolute Gasteiger partial charge is 0.251 e. The second-order valence-corrected chi connectivity index (χ2v) is 6.27. The molecule has 1 aromatic heterocycles. The van der Waals surface area contributed by atoms with Crippen LogP contribution in [0.2, 0.25) is 0 Å². The monoisotopic (exact) mass is 357 g/mol. The van der Waals surface area contributed by atoms with E-state index in [0.29, 0.717) is 12.1 Å². The molecule has 0 aliphatic carbocycles. The number of methoxy groups -OCH3 is 1. The summed E-state index contributed by atoms with van der Waals surface area (Å²) >= 11 is 0. The summed E-state index contributed by atoms with van der Waals surface area (Å²) in [6.07, 6.45) is 0.758. The fourth-order valence-corrected chi connectivity index (χ4v) is 2.98. The molecule has 5 nitrogen and oxygen atoms in total.